The third-order valence-electron chi connectivity index (χ3n) is 4.41. The van der Waals surface area contributed by atoms with Gasteiger partial charge in [-0.25, -0.2) is 23.2 Å². The molecule has 0 atom stereocenters. The van der Waals surface area contributed by atoms with Gasteiger partial charge in [-0.3, -0.25) is 0 Å². The van der Waals surface area contributed by atoms with E-state index in [1.54, 1.807) is 0 Å². The van der Waals surface area contributed by atoms with Gasteiger partial charge in [0, 0.05) is 5.56 Å². The Labute approximate surface area is 163 Å². The van der Waals surface area contributed by atoms with Gasteiger partial charge in [-0.05, 0) is 30.7 Å². The van der Waals surface area contributed by atoms with Crippen LogP contribution in [-0.2, 0) is 7.05 Å². The average molecular weight is 398 g/mol. The minimum absolute atomic E-state index is 0.725. The Morgan fingerprint density at radius 3 is 2.14 bits per heavy atom. The summed E-state index contributed by atoms with van der Waals surface area (Å²) in [5.41, 5.74) is 7.14. The second kappa shape index (κ2) is 7.56. The van der Waals surface area contributed by atoms with Gasteiger partial charge in [0.1, 0.15) is 17.3 Å². The highest BCUT2D eigenvalue weighted by Gasteiger charge is 2.25. The van der Waals surface area contributed by atoms with Crippen LogP contribution in [0.4, 0.5) is 0 Å². The van der Waals surface area contributed by atoms with E-state index in [0.717, 1.165) is 39.1 Å². The fourth-order valence-corrected chi connectivity index (χ4v) is 3.32. The Hall–Kier alpha value is -2.99. The molecule has 4 rings (SSSR count). The average Bonchev–Trinajstić information content (AvgIpc) is 2.94. The molecule has 0 saturated carbocycles. The van der Waals surface area contributed by atoms with Crippen LogP contribution < -0.4 is 23.2 Å². The highest BCUT2D eigenvalue weighted by Crippen LogP contribution is 2.28. The molecule has 2 aromatic carbocycles. The van der Waals surface area contributed by atoms with E-state index in [9.17, 15) is 5.26 Å². The van der Waals surface area contributed by atoms with Crippen LogP contribution in [0.3, 0.4) is 0 Å². The molecule has 0 aliphatic heterocycles. The van der Waals surface area contributed by atoms with Gasteiger partial charge in [-0.15, -0.1) is 10.2 Å². The van der Waals surface area contributed by atoms with Gasteiger partial charge >= 0.3 is 5.65 Å². The van der Waals surface area contributed by atoms with Gasteiger partial charge in [-0.1, -0.05) is 42.5 Å². The van der Waals surface area contributed by atoms with Crippen LogP contribution in [0.2, 0.25) is 0 Å². The fourth-order valence-electron chi connectivity index (χ4n) is 3.32. The van der Waals surface area contributed by atoms with Gasteiger partial charge in [0.25, 0.3) is 0 Å². The van der Waals surface area contributed by atoms with E-state index in [-0.39, 0.29) is 0 Å². The van der Waals surface area contributed by atoms with Crippen molar-refractivity contribution in [2.24, 2.45) is 7.05 Å². The van der Waals surface area contributed by atoms with Crippen molar-refractivity contribution in [2.45, 2.75) is 6.92 Å². The van der Waals surface area contributed by atoms with Gasteiger partial charge in [-0.2, -0.15) is 9.66 Å². The number of rotatable bonds is 1. The van der Waals surface area contributed by atoms with Crippen LogP contribution in [0.25, 0.3) is 27.9 Å². The number of nitriles is 1. The molecular weight excluding hydrogens is 382 g/mol. The molecule has 28 heavy (non-hydrogen) atoms. The number of imidazole rings is 1. The predicted molar refractivity (Wildman–Crippen MR) is 91.0 cm³/mol. The molecule has 7 nitrogen and oxygen atoms in total. The molecule has 142 valence electrons. The van der Waals surface area contributed by atoms with Crippen molar-refractivity contribution in [3.05, 3.63) is 71.8 Å². The quantitative estimate of drug-likeness (QED) is 0.381. The first-order valence-electron chi connectivity index (χ1n) is 8.22. The van der Waals surface area contributed by atoms with Crippen LogP contribution in [-0.4, -0.2) is 4.40 Å². The van der Waals surface area contributed by atoms with Crippen molar-refractivity contribution in [3.8, 4) is 17.3 Å². The number of aryl methyl sites for hydroxylation is 2. The van der Waals surface area contributed by atoms with Crippen molar-refractivity contribution in [1.82, 2.24) is 4.40 Å². The van der Waals surface area contributed by atoms with E-state index in [1.165, 1.54) is 0 Å². The van der Waals surface area contributed by atoms with Crippen LogP contribution in [0.15, 0.2) is 60.7 Å². The molecular formula is C20H16ClN3O4. The molecule has 0 unspecified atom stereocenters. The monoisotopic (exact) mass is 397 g/mol. The van der Waals surface area contributed by atoms with E-state index in [2.05, 4.69) is 45.4 Å². The maximum Gasteiger partial charge on any atom is 0.305 e. The molecule has 0 N–H and O–H groups in total. The van der Waals surface area contributed by atoms with E-state index in [1.807, 2.05) is 44.3 Å². The Kier molecular flexibility index (Phi) is 5.34. The Morgan fingerprint density at radius 2 is 1.54 bits per heavy atom. The molecule has 4 aromatic rings. The number of pyridine rings is 1. The lowest BCUT2D eigenvalue weighted by molar-refractivity contribution is -2.00. The summed E-state index contributed by atoms with van der Waals surface area (Å²) in [6.07, 6.45) is 0. The lowest BCUT2D eigenvalue weighted by Gasteiger charge is -2.17. The first kappa shape index (κ1) is 19.8. The van der Waals surface area contributed by atoms with Gasteiger partial charge < -0.3 is 0 Å². The molecule has 2 heterocycles. The number of nitrogens with zero attached hydrogens (tertiary/aromatic N) is 3. The van der Waals surface area contributed by atoms with E-state index in [4.69, 9.17) is 18.6 Å². The first-order chi connectivity index (χ1) is 13.2. The second-order valence-electron chi connectivity index (χ2n) is 6.15. The third-order valence-corrected chi connectivity index (χ3v) is 4.41. The lowest BCUT2D eigenvalue weighted by Crippen LogP contribution is -2.68. The first-order valence-corrected chi connectivity index (χ1v) is 9.46. The number of halogens is 1. The van der Waals surface area contributed by atoms with Crippen molar-refractivity contribution in [3.63, 3.8) is 0 Å². The zero-order valence-electron chi connectivity index (χ0n) is 15.1. The number of fused-ring (bicyclic) bond motifs is 3. The Bertz CT molecular complexity index is 1190. The van der Waals surface area contributed by atoms with Crippen molar-refractivity contribution in [2.75, 3.05) is 0 Å². The largest absolute Gasteiger partial charge is 0.305 e. The summed E-state index contributed by atoms with van der Waals surface area (Å²) >= 11 is 0. The summed E-state index contributed by atoms with van der Waals surface area (Å²) in [7, 11) is -2.92. The molecule has 0 aliphatic carbocycles. The highest BCUT2D eigenvalue weighted by atomic mass is 35.7. The number of para-hydroxylation sites is 2. The highest BCUT2D eigenvalue weighted by molar-refractivity contribution is 5.82. The Morgan fingerprint density at radius 1 is 0.964 bits per heavy atom. The zero-order valence-corrected chi connectivity index (χ0v) is 15.9. The normalized spacial score (nSPS) is 11.2. The predicted octanol–water partition coefficient (Wildman–Crippen LogP) is -0.992. The standard InChI is InChI=1S/C20H16N3.ClHO4/c1-14-12-19(15-8-4-3-5-9-15)23-18-11-7-6-10-17(18)22(2)20(23)16(14)13-21;2-1(3,4)5/h3-12H,1-2H3;(H,2,3,4,5)/q+1;/p-1. The maximum absolute atomic E-state index is 9.65. The van der Waals surface area contributed by atoms with Gasteiger partial charge in [0.05, 0.1) is 7.05 Å². The minimum Gasteiger partial charge on any atom is -0.225 e. The number of hydrogen-bond acceptors (Lipinski definition) is 5. The summed E-state index contributed by atoms with van der Waals surface area (Å²) in [5.74, 6) is 0. The molecule has 8 heteroatoms. The van der Waals surface area contributed by atoms with Crippen LogP contribution in [0.1, 0.15) is 11.1 Å². The molecule has 0 saturated heterocycles. The minimum atomic E-state index is -4.94. The summed E-state index contributed by atoms with van der Waals surface area (Å²) in [5, 5.41) is 9.65. The third kappa shape index (κ3) is 3.82. The Balaban J connectivity index is 0.000000403. The summed E-state index contributed by atoms with van der Waals surface area (Å²) < 4.78 is 38.3. The lowest BCUT2D eigenvalue weighted by atomic mass is 10.1. The van der Waals surface area contributed by atoms with E-state index >= 15 is 0 Å². The van der Waals surface area contributed by atoms with Crippen molar-refractivity contribution in [1.29, 1.82) is 5.26 Å². The number of aromatic nitrogens is 2. The number of hydrogen-bond donors (Lipinski definition) is 0. The summed E-state index contributed by atoms with van der Waals surface area (Å²) in [6.45, 7) is 2.00. The maximum atomic E-state index is 9.65. The van der Waals surface area contributed by atoms with Gasteiger partial charge in [0.15, 0.2) is 11.0 Å². The van der Waals surface area contributed by atoms with E-state index in [0.29, 0.717) is 0 Å². The number of benzene rings is 2. The van der Waals surface area contributed by atoms with Crippen molar-refractivity contribution < 1.29 is 33.4 Å². The molecule has 0 fully saturated rings. The second-order valence-corrected chi connectivity index (χ2v) is 6.91. The summed E-state index contributed by atoms with van der Waals surface area (Å²) in [4.78, 5) is 0. The smallest absolute Gasteiger partial charge is 0.225 e. The summed E-state index contributed by atoms with van der Waals surface area (Å²) in [6, 6.07) is 23.1. The molecule has 0 radical (unpaired) electrons. The molecule has 0 bridgehead atoms. The molecule has 0 aliphatic rings. The van der Waals surface area contributed by atoms with E-state index < -0.39 is 10.2 Å². The fraction of sp³-hybridized carbons (Fsp3) is 0.100. The zero-order chi connectivity index (χ0) is 20.5. The van der Waals surface area contributed by atoms with Crippen LogP contribution in [0.5, 0.6) is 0 Å². The molecule has 2 aromatic heterocycles. The van der Waals surface area contributed by atoms with Crippen LogP contribution in [0, 0.1) is 28.5 Å². The van der Waals surface area contributed by atoms with Crippen molar-refractivity contribution >= 4 is 16.7 Å². The SMILES string of the molecule is Cc1cc(-c2ccccc2)n2c3ccccc3[n+](C)c2c1C#N.[O-][Cl+3]([O-])([O-])[O-]. The topological polar surface area (TPSA) is 124 Å². The van der Waals surface area contributed by atoms with Crippen LogP contribution >= 0.6 is 0 Å². The molecule has 0 amide bonds. The molecule has 0 spiro atoms. The van der Waals surface area contributed by atoms with Gasteiger partial charge in [0.2, 0.25) is 0 Å².